The molecule has 1 aliphatic heterocycles. The van der Waals surface area contributed by atoms with Gasteiger partial charge in [0, 0.05) is 0 Å². The van der Waals surface area contributed by atoms with Gasteiger partial charge in [-0.05, 0) is 34.7 Å². The van der Waals surface area contributed by atoms with Gasteiger partial charge < -0.3 is 19.5 Å². The predicted octanol–water partition coefficient (Wildman–Crippen LogP) is 1.72. The van der Waals surface area contributed by atoms with Crippen LogP contribution in [0, 0.1) is 0 Å². The third kappa shape index (κ3) is 4.43. The zero-order valence-corrected chi connectivity index (χ0v) is 16.5. The Morgan fingerprint density at radius 1 is 1.24 bits per heavy atom. The van der Waals surface area contributed by atoms with Crippen LogP contribution >= 0.6 is 11.8 Å². The molecule has 3 aromatic rings. The number of methoxy groups -OCH3 is 1. The van der Waals surface area contributed by atoms with Gasteiger partial charge in [-0.2, -0.15) is 4.68 Å². The van der Waals surface area contributed by atoms with Crippen molar-refractivity contribution >= 4 is 17.7 Å². The van der Waals surface area contributed by atoms with Crippen LogP contribution in [0.5, 0.6) is 17.2 Å². The lowest BCUT2D eigenvalue weighted by atomic mass is 10.2. The van der Waals surface area contributed by atoms with Crippen LogP contribution in [0.15, 0.2) is 53.7 Å². The number of fused-ring (bicyclic) bond motifs is 1. The Balaban J connectivity index is 1.31. The largest absolute Gasteiger partial charge is 0.494 e. The zero-order chi connectivity index (χ0) is 20.1. The molecule has 1 unspecified atom stereocenters. The van der Waals surface area contributed by atoms with Crippen molar-refractivity contribution in [3.63, 3.8) is 0 Å². The average molecular weight is 413 g/mol. The number of hydrogen-bond donors (Lipinski definition) is 1. The quantitative estimate of drug-likeness (QED) is 0.585. The highest BCUT2D eigenvalue weighted by molar-refractivity contribution is 7.99. The topological polar surface area (TPSA) is 100 Å². The van der Waals surface area contributed by atoms with E-state index in [2.05, 4.69) is 20.8 Å². The summed E-state index contributed by atoms with van der Waals surface area (Å²) in [7, 11) is 1.58. The SMILES string of the molecule is COc1ccccc1-n1nnnc1SCC(=O)NCC1COc2ccccc2O1. The van der Waals surface area contributed by atoms with Crippen molar-refractivity contribution in [3.8, 4) is 22.9 Å². The number of amides is 1. The number of rotatable bonds is 7. The second-order valence-electron chi connectivity index (χ2n) is 6.14. The summed E-state index contributed by atoms with van der Waals surface area (Å²) in [5.74, 6) is 2.06. The summed E-state index contributed by atoms with van der Waals surface area (Å²) >= 11 is 1.24. The fourth-order valence-electron chi connectivity index (χ4n) is 2.80. The van der Waals surface area contributed by atoms with Gasteiger partial charge in [0.25, 0.3) is 0 Å². The van der Waals surface area contributed by atoms with Crippen molar-refractivity contribution in [1.82, 2.24) is 25.5 Å². The van der Waals surface area contributed by atoms with Gasteiger partial charge in [0.05, 0.1) is 19.4 Å². The molecule has 0 aliphatic carbocycles. The number of benzene rings is 2. The molecule has 2 aromatic carbocycles. The minimum Gasteiger partial charge on any atom is -0.494 e. The molecule has 150 valence electrons. The number of ether oxygens (including phenoxy) is 3. The smallest absolute Gasteiger partial charge is 0.230 e. The second-order valence-corrected chi connectivity index (χ2v) is 7.08. The van der Waals surface area contributed by atoms with E-state index in [1.165, 1.54) is 11.8 Å². The molecule has 0 fully saturated rings. The molecule has 4 rings (SSSR count). The van der Waals surface area contributed by atoms with Crippen LogP contribution in [0.1, 0.15) is 0 Å². The van der Waals surface area contributed by atoms with Gasteiger partial charge in [-0.3, -0.25) is 4.79 Å². The maximum atomic E-state index is 12.3. The molecule has 1 aromatic heterocycles. The lowest BCUT2D eigenvalue weighted by molar-refractivity contribution is -0.119. The molecule has 0 radical (unpaired) electrons. The lowest BCUT2D eigenvalue weighted by Gasteiger charge is -2.26. The Labute approximate surface area is 171 Å². The molecule has 1 aliphatic rings. The lowest BCUT2D eigenvalue weighted by Crippen LogP contribution is -2.41. The maximum Gasteiger partial charge on any atom is 0.230 e. The average Bonchev–Trinajstić information content (AvgIpc) is 3.24. The summed E-state index contributed by atoms with van der Waals surface area (Å²) in [6.07, 6.45) is -0.238. The van der Waals surface area contributed by atoms with Crippen LogP contribution in [0.3, 0.4) is 0 Å². The number of carbonyl (C=O) groups excluding carboxylic acids is 1. The Kier molecular flexibility index (Phi) is 5.80. The van der Waals surface area contributed by atoms with Gasteiger partial charge in [-0.15, -0.1) is 5.10 Å². The highest BCUT2D eigenvalue weighted by Crippen LogP contribution is 2.30. The molecular weight excluding hydrogens is 394 g/mol. The summed E-state index contributed by atoms with van der Waals surface area (Å²) < 4.78 is 18.4. The van der Waals surface area contributed by atoms with Gasteiger partial charge in [0.2, 0.25) is 11.1 Å². The van der Waals surface area contributed by atoms with Crippen LogP contribution in [-0.4, -0.2) is 58.2 Å². The van der Waals surface area contributed by atoms with Crippen LogP contribution in [0.2, 0.25) is 0 Å². The van der Waals surface area contributed by atoms with Crippen molar-refractivity contribution in [3.05, 3.63) is 48.5 Å². The first-order valence-corrected chi connectivity index (χ1v) is 9.93. The minimum atomic E-state index is -0.238. The first-order valence-electron chi connectivity index (χ1n) is 8.94. The Bertz CT molecular complexity index is 996. The Hall–Kier alpha value is -3.27. The number of aromatic nitrogens is 4. The molecule has 10 heteroatoms. The van der Waals surface area contributed by atoms with Crippen molar-refractivity contribution in [2.24, 2.45) is 0 Å². The summed E-state index contributed by atoms with van der Waals surface area (Å²) in [4.78, 5) is 12.3. The van der Waals surface area contributed by atoms with Crippen LogP contribution in [0.4, 0.5) is 0 Å². The second kappa shape index (κ2) is 8.82. The Morgan fingerprint density at radius 2 is 2.03 bits per heavy atom. The number of para-hydroxylation sites is 4. The molecule has 0 spiro atoms. The van der Waals surface area contributed by atoms with Crippen molar-refractivity contribution < 1.29 is 19.0 Å². The molecule has 1 N–H and O–H groups in total. The molecular formula is C19H19N5O4S. The van der Waals surface area contributed by atoms with Crippen molar-refractivity contribution in [2.45, 2.75) is 11.3 Å². The molecule has 29 heavy (non-hydrogen) atoms. The standard InChI is InChI=1S/C19H19N5O4S/c1-26-15-7-3-2-6-14(15)24-19(21-22-23-24)29-12-18(25)20-10-13-11-27-16-8-4-5-9-17(16)28-13/h2-9,13H,10-12H2,1H3,(H,20,25). The van der Waals surface area contributed by atoms with E-state index in [0.717, 1.165) is 0 Å². The van der Waals surface area contributed by atoms with Crippen molar-refractivity contribution in [1.29, 1.82) is 0 Å². The van der Waals surface area contributed by atoms with Gasteiger partial charge in [0.15, 0.2) is 11.5 Å². The van der Waals surface area contributed by atoms with Crippen LogP contribution < -0.4 is 19.5 Å². The number of nitrogens with zero attached hydrogens (tertiary/aromatic N) is 4. The highest BCUT2D eigenvalue weighted by Gasteiger charge is 2.21. The maximum absolute atomic E-state index is 12.3. The molecule has 0 saturated carbocycles. The normalized spacial score (nSPS) is 15.0. The summed E-state index contributed by atoms with van der Waals surface area (Å²) in [6, 6.07) is 14.9. The van der Waals surface area contributed by atoms with Gasteiger partial charge >= 0.3 is 0 Å². The first-order chi connectivity index (χ1) is 14.2. The third-order valence-corrected chi connectivity index (χ3v) is 5.10. The molecule has 1 atom stereocenters. The molecule has 0 saturated heterocycles. The van der Waals surface area contributed by atoms with E-state index >= 15 is 0 Å². The van der Waals surface area contributed by atoms with E-state index in [0.29, 0.717) is 41.2 Å². The number of hydrogen-bond acceptors (Lipinski definition) is 8. The van der Waals surface area contributed by atoms with E-state index in [9.17, 15) is 4.79 Å². The number of thioether (sulfide) groups is 1. The summed E-state index contributed by atoms with van der Waals surface area (Å²) in [5, 5.41) is 15.1. The first kappa shape index (κ1) is 19.1. The number of nitrogens with one attached hydrogen (secondary N) is 1. The summed E-state index contributed by atoms with van der Waals surface area (Å²) in [6.45, 7) is 0.738. The van der Waals surface area contributed by atoms with Gasteiger partial charge in [-0.25, -0.2) is 0 Å². The number of carbonyl (C=O) groups is 1. The fourth-order valence-corrected chi connectivity index (χ4v) is 3.51. The monoisotopic (exact) mass is 413 g/mol. The molecule has 2 heterocycles. The Morgan fingerprint density at radius 3 is 2.90 bits per heavy atom. The third-order valence-electron chi connectivity index (χ3n) is 4.18. The zero-order valence-electron chi connectivity index (χ0n) is 15.6. The van der Waals surface area contributed by atoms with Crippen molar-refractivity contribution in [2.75, 3.05) is 26.0 Å². The molecule has 1 amide bonds. The number of tetrazole rings is 1. The van der Waals surface area contributed by atoms with Crippen LogP contribution in [0.25, 0.3) is 5.69 Å². The molecule has 0 bridgehead atoms. The van der Waals surface area contributed by atoms with Gasteiger partial charge in [-0.1, -0.05) is 36.0 Å². The highest BCUT2D eigenvalue weighted by atomic mass is 32.2. The van der Waals surface area contributed by atoms with E-state index in [-0.39, 0.29) is 17.8 Å². The minimum absolute atomic E-state index is 0.146. The van der Waals surface area contributed by atoms with Gasteiger partial charge in [0.1, 0.15) is 24.1 Å². The fraction of sp³-hybridized carbons (Fsp3) is 0.263. The van der Waals surface area contributed by atoms with Crippen LogP contribution in [-0.2, 0) is 4.79 Å². The van der Waals surface area contributed by atoms with E-state index in [1.54, 1.807) is 11.8 Å². The van der Waals surface area contributed by atoms with E-state index < -0.39 is 0 Å². The van der Waals surface area contributed by atoms with E-state index in [4.69, 9.17) is 14.2 Å². The van der Waals surface area contributed by atoms with E-state index in [1.807, 2.05) is 48.5 Å². The molecule has 9 nitrogen and oxygen atoms in total. The predicted molar refractivity (Wildman–Crippen MR) is 106 cm³/mol. The summed E-state index contributed by atoms with van der Waals surface area (Å²) in [5.41, 5.74) is 0.703.